The Labute approximate surface area is 175 Å². The molecule has 2 aromatic rings. The fourth-order valence-electron chi connectivity index (χ4n) is 2.78. The van der Waals surface area contributed by atoms with Crippen LogP contribution in [-0.4, -0.2) is 35.1 Å². The van der Waals surface area contributed by atoms with Gasteiger partial charge in [-0.3, -0.25) is 9.59 Å². The summed E-state index contributed by atoms with van der Waals surface area (Å²) in [7, 11) is 0. The quantitative estimate of drug-likeness (QED) is 0.498. The molecule has 0 unspecified atom stereocenters. The number of alkyl carbamates (subject to hydrolysis) is 1. The maximum absolute atomic E-state index is 12.7. The number of amides is 3. The molecule has 0 spiro atoms. The van der Waals surface area contributed by atoms with Crippen molar-refractivity contribution < 1.29 is 24.2 Å². The van der Waals surface area contributed by atoms with Crippen LogP contribution in [-0.2, 0) is 27.4 Å². The standard InChI is InChI=1S/C22H27N3O5/c1-14(2)19(25-22(29)30-13-16-6-4-3-5-7-16)21(28)24-18(20(23)27)12-15-8-10-17(26)11-9-15/h3-11,14,18-19,26H,12-13H2,1-2H3,(H2,23,27)(H,24,28)(H,25,29)/t18-,19+/m0/s1. The van der Waals surface area contributed by atoms with Gasteiger partial charge >= 0.3 is 6.09 Å². The zero-order valence-electron chi connectivity index (χ0n) is 17.0. The summed E-state index contributed by atoms with van der Waals surface area (Å²) in [6.45, 7) is 3.60. The number of ether oxygens (including phenoxy) is 1. The van der Waals surface area contributed by atoms with Crippen LogP contribution in [0.1, 0.15) is 25.0 Å². The number of carbonyl (C=O) groups excluding carboxylic acids is 3. The van der Waals surface area contributed by atoms with Gasteiger partial charge in [0.15, 0.2) is 0 Å². The minimum absolute atomic E-state index is 0.0733. The van der Waals surface area contributed by atoms with Crippen LogP contribution in [0.4, 0.5) is 4.79 Å². The Morgan fingerprint density at radius 3 is 2.17 bits per heavy atom. The first-order chi connectivity index (χ1) is 14.3. The van der Waals surface area contributed by atoms with Gasteiger partial charge in [0.25, 0.3) is 0 Å². The minimum Gasteiger partial charge on any atom is -0.508 e. The molecule has 2 atom stereocenters. The smallest absolute Gasteiger partial charge is 0.408 e. The number of phenols is 1. The van der Waals surface area contributed by atoms with Crippen molar-refractivity contribution in [3.8, 4) is 5.75 Å². The molecular formula is C22H27N3O5. The summed E-state index contributed by atoms with van der Waals surface area (Å²) in [6, 6.07) is 13.5. The molecular weight excluding hydrogens is 386 g/mol. The van der Waals surface area contributed by atoms with Gasteiger partial charge in [-0.15, -0.1) is 0 Å². The van der Waals surface area contributed by atoms with E-state index in [1.165, 1.54) is 12.1 Å². The molecule has 30 heavy (non-hydrogen) atoms. The number of rotatable bonds is 9. The van der Waals surface area contributed by atoms with E-state index in [-0.39, 0.29) is 24.7 Å². The molecule has 0 aliphatic rings. The molecule has 0 heterocycles. The van der Waals surface area contributed by atoms with Gasteiger partial charge in [-0.25, -0.2) is 4.79 Å². The highest BCUT2D eigenvalue weighted by atomic mass is 16.5. The first-order valence-corrected chi connectivity index (χ1v) is 9.61. The van der Waals surface area contributed by atoms with Gasteiger partial charge < -0.3 is 26.2 Å². The summed E-state index contributed by atoms with van der Waals surface area (Å²) in [5, 5.41) is 14.5. The minimum atomic E-state index is -0.967. The first kappa shape index (κ1) is 22.7. The van der Waals surface area contributed by atoms with Crippen molar-refractivity contribution in [3.63, 3.8) is 0 Å². The normalized spacial score (nSPS) is 12.6. The van der Waals surface area contributed by atoms with Gasteiger partial charge in [-0.05, 0) is 29.2 Å². The van der Waals surface area contributed by atoms with E-state index in [4.69, 9.17) is 10.5 Å². The molecule has 0 fully saturated rings. The van der Waals surface area contributed by atoms with Crippen molar-refractivity contribution in [3.05, 3.63) is 65.7 Å². The van der Waals surface area contributed by atoms with Gasteiger partial charge in [0.2, 0.25) is 11.8 Å². The van der Waals surface area contributed by atoms with E-state index in [9.17, 15) is 19.5 Å². The van der Waals surface area contributed by atoms with E-state index in [1.54, 1.807) is 26.0 Å². The summed E-state index contributed by atoms with van der Waals surface area (Å²) in [6.07, 6.45) is -0.577. The number of nitrogens with two attached hydrogens (primary N) is 1. The number of benzene rings is 2. The molecule has 160 valence electrons. The molecule has 0 radical (unpaired) electrons. The predicted octanol–water partition coefficient (Wildman–Crippen LogP) is 1.86. The van der Waals surface area contributed by atoms with E-state index < -0.39 is 30.0 Å². The summed E-state index contributed by atoms with van der Waals surface area (Å²) in [5.41, 5.74) is 6.97. The zero-order chi connectivity index (χ0) is 22.1. The Morgan fingerprint density at radius 2 is 1.60 bits per heavy atom. The van der Waals surface area contributed by atoms with Crippen LogP contribution in [0.5, 0.6) is 5.75 Å². The van der Waals surface area contributed by atoms with E-state index in [1.807, 2.05) is 30.3 Å². The van der Waals surface area contributed by atoms with Crippen LogP contribution in [0.25, 0.3) is 0 Å². The SMILES string of the molecule is CC(C)[C@@H](NC(=O)OCc1ccccc1)C(=O)N[C@@H](Cc1ccc(O)cc1)C(N)=O. The molecule has 0 saturated heterocycles. The van der Waals surface area contributed by atoms with Gasteiger partial charge in [0.05, 0.1) is 0 Å². The fraction of sp³-hybridized carbons (Fsp3) is 0.318. The number of phenolic OH excluding ortho intramolecular Hbond substituents is 1. The number of aromatic hydroxyl groups is 1. The predicted molar refractivity (Wildman–Crippen MR) is 111 cm³/mol. The molecule has 0 aliphatic heterocycles. The number of hydrogen-bond acceptors (Lipinski definition) is 5. The van der Waals surface area contributed by atoms with Crippen LogP contribution in [0.3, 0.4) is 0 Å². The maximum Gasteiger partial charge on any atom is 0.408 e. The fourth-order valence-corrected chi connectivity index (χ4v) is 2.78. The van der Waals surface area contributed by atoms with E-state index >= 15 is 0 Å². The largest absolute Gasteiger partial charge is 0.508 e. The third-order valence-electron chi connectivity index (χ3n) is 4.47. The van der Waals surface area contributed by atoms with Crippen molar-refractivity contribution in [2.24, 2.45) is 11.7 Å². The van der Waals surface area contributed by atoms with Crippen LogP contribution in [0.15, 0.2) is 54.6 Å². The molecule has 0 bridgehead atoms. The number of nitrogens with one attached hydrogen (secondary N) is 2. The van der Waals surface area contributed by atoms with E-state index in [0.717, 1.165) is 5.56 Å². The second-order valence-corrected chi connectivity index (χ2v) is 7.26. The van der Waals surface area contributed by atoms with Gasteiger partial charge in [-0.1, -0.05) is 56.3 Å². The highest BCUT2D eigenvalue weighted by molar-refractivity contribution is 5.91. The van der Waals surface area contributed by atoms with Crippen LogP contribution < -0.4 is 16.4 Å². The van der Waals surface area contributed by atoms with Crippen molar-refractivity contribution in [1.29, 1.82) is 0 Å². The third-order valence-corrected chi connectivity index (χ3v) is 4.47. The van der Waals surface area contributed by atoms with Crippen LogP contribution in [0, 0.1) is 5.92 Å². The molecule has 3 amide bonds. The maximum atomic E-state index is 12.7. The summed E-state index contributed by atoms with van der Waals surface area (Å²) >= 11 is 0. The molecule has 2 rings (SSSR count). The van der Waals surface area contributed by atoms with Crippen molar-refractivity contribution in [2.75, 3.05) is 0 Å². The molecule has 0 aliphatic carbocycles. The van der Waals surface area contributed by atoms with Crippen molar-refractivity contribution in [1.82, 2.24) is 10.6 Å². The second kappa shape index (κ2) is 10.8. The Hall–Kier alpha value is -3.55. The summed E-state index contributed by atoms with van der Waals surface area (Å²) < 4.78 is 5.17. The highest BCUT2D eigenvalue weighted by Gasteiger charge is 2.28. The monoisotopic (exact) mass is 413 g/mol. The first-order valence-electron chi connectivity index (χ1n) is 9.61. The average Bonchev–Trinajstić information content (AvgIpc) is 2.71. The molecule has 8 nitrogen and oxygen atoms in total. The van der Waals surface area contributed by atoms with Gasteiger partial charge in [0.1, 0.15) is 24.4 Å². The van der Waals surface area contributed by atoms with E-state index in [2.05, 4.69) is 10.6 Å². The van der Waals surface area contributed by atoms with Gasteiger partial charge in [0, 0.05) is 6.42 Å². The zero-order valence-corrected chi connectivity index (χ0v) is 17.0. The Bertz CT molecular complexity index is 853. The van der Waals surface area contributed by atoms with Gasteiger partial charge in [-0.2, -0.15) is 0 Å². The average molecular weight is 413 g/mol. The Kier molecular flexibility index (Phi) is 8.22. The number of primary amides is 1. The Balaban J connectivity index is 1.97. The van der Waals surface area contributed by atoms with E-state index in [0.29, 0.717) is 5.56 Å². The topological polar surface area (TPSA) is 131 Å². The molecule has 5 N–H and O–H groups in total. The lowest BCUT2D eigenvalue weighted by atomic mass is 10.0. The molecule has 8 heteroatoms. The second-order valence-electron chi connectivity index (χ2n) is 7.26. The number of carbonyl (C=O) groups is 3. The lowest BCUT2D eigenvalue weighted by molar-refractivity contribution is -0.129. The lowest BCUT2D eigenvalue weighted by Gasteiger charge is -2.24. The lowest BCUT2D eigenvalue weighted by Crippen LogP contribution is -2.55. The summed E-state index contributed by atoms with van der Waals surface area (Å²) in [5.74, 6) is -1.40. The van der Waals surface area contributed by atoms with Crippen molar-refractivity contribution in [2.45, 2.75) is 39.0 Å². The molecule has 0 saturated carbocycles. The van der Waals surface area contributed by atoms with Crippen LogP contribution >= 0.6 is 0 Å². The highest BCUT2D eigenvalue weighted by Crippen LogP contribution is 2.12. The Morgan fingerprint density at radius 1 is 0.967 bits per heavy atom. The third kappa shape index (κ3) is 7.12. The molecule has 2 aromatic carbocycles. The number of hydrogen-bond donors (Lipinski definition) is 4. The molecule has 0 aromatic heterocycles. The van der Waals surface area contributed by atoms with Crippen LogP contribution in [0.2, 0.25) is 0 Å². The van der Waals surface area contributed by atoms with Crippen molar-refractivity contribution >= 4 is 17.9 Å². The summed E-state index contributed by atoms with van der Waals surface area (Å²) in [4.78, 5) is 36.7.